The lowest BCUT2D eigenvalue weighted by molar-refractivity contribution is -0.120. The van der Waals surface area contributed by atoms with Crippen LogP contribution in [-0.4, -0.2) is 33.7 Å². The van der Waals surface area contributed by atoms with Gasteiger partial charge in [-0.25, -0.2) is 8.42 Å². The van der Waals surface area contributed by atoms with Gasteiger partial charge >= 0.3 is 0 Å². The summed E-state index contributed by atoms with van der Waals surface area (Å²) in [6.45, 7) is 8.28. The summed E-state index contributed by atoms with van der Waals surface area (Å²) in [4.78, 5) is 11.3. The molecule has 1 amide bonds. The van der Waals surface area contributed by atoms with Gasteiger partial charge in [-0.1, -0.05) is 39.0 Å². The summed E-state index contributed by atoms with van der Waals surface area (Å²) < 4.78 is 25.8. The van der Waals surface area contributed by atoms with Gasteiger partial charge in [0.05, 0.1) is 18.5 Å². The molecular weight excluding hydrogens is 300 g/mol. The molecule has 0 bridgehead atoms. The molecule has 1 aromatic carbocycles. The van der Waals surface area contributed by atoms with E-state index in [0.29, 0.717) is 13.0 Å². The summed E-state index contributed by atoms with van der Waals surface area (Å²) in [7, 11) is -3.42. The summed E-state index contributed by atoms with van der Waals surface area (Å²) in [5.74, 6) is 0.131. The Morgan fingerprint density at radius 1 is 1.32 bits per heavy atom. The molecular formula is C16H26N2O3S. The van der Waals surface area contributed by atoms with Crippen molar-refractivity contribution < 1.29 is 13.2 Å². The fraction of sp³-hybridized carbons (Fsp3) is 0.562. The number of nitrogens with zero attached hydrogens (tertiary/aromatic N) is 1. The zero-order valence-corrected chi connectivity index (χ0v) is 14.8. The Labute approximate surface area is 133 Å². The van der Waals surface area contributed by atoms with E-state index in [0.717, 1.165) is 16.8 Å². The topological polar surface area (TPSA) is 66.5 Å². The SMILES string of the molecule is CCC(=O)NCCN(c1c(C)cccc1C(C)C)S(C)(=O)=O. The van der Waals surface area contributed by atoms with E-state index in [2.05, 4.69) is 5.32 Å². The average Bonchev–Trinajstić information content (AvgIpc) is 2.42. The van der Waals surface area contributed by atoms with Crippen molar-refractivity contribution in [3.05, 3.63) is 29.3 Å². The quantitative estimate of drug-likeness (QED) is 0.837. The average molecular weight is 326 g/mol. The minimum Gasteiger partial charge on any atom is -0.354 e. The molecule has 0 radical (unpaired) electrons. The Morgan fingerprint density at radius 2 is 1.95 bits per heavy atom. The monoisotopic (exact) mass is 326 g/mol. The summed E-state index contributed by atoms with van der Waals surface area (Å²) in [5.41, 5.74) is 2.64. The molecule has 0 saturated heterocycles. The van der Waals surface area contributed by atoms with Gasteiger partial charge in [-0.2, -0.15) is 0 Å². The number of amides is 1. The minimum atomic E-state index is -3.42. The predicted molar refractivity (Wildman–Crippen MR) is 90.8 cm³/mol. The highest BCUT2D eigenvalue weighted by Gasteiger charge is 2.23. The Hall–Kier alpha value is -1.56. The van der Waals surface area contributed by atoms with Crippen LogP contribution >= 0.6 is 0 Å². The zero-order chi connectivity index (χ0) is 16.9. The number of benzene rings is 1. The Morgan fingerprint density at radius 3 is 2.45 bits per heavy atom. The van der Waals surface area contributed by atoms with Gasteiger partial charge in [0.15, 0.2) is 0 Å². The van der Waals surface area contributed by atoms with Crippen LogP contribution in [0.5, 0.6) is 0 Å². The van der Waals surface area contributed by atoms with Gasteiger partial charge in [0, 0.05) is 13.0 Å². The molecule has 1 rings (SSSR count). The van der Waals surface area contributed by atoms with E-state index in [1.807, 2.05) is 39.0 Å². The molecule has 0 heterocycles. The maximum absolute atomic E-state index is 12.2. The van der Waals surface area contributed by atoms with Crippen molar-refractivity contribution in [2.75, 3.05) is 23.7 Å². The number of nitrogens with one attached hydrogen (secondary N) is 1. The first-order valence-electron chi connectivity index (χ1n) is 7.52. The molecule has 0 atom stereocenters. The van der Waals surface area contributed by atoms with Crippen LogP contribution in [0.15, 0.2) is 18.2 Å². The van der Waals surface area contributed by atoms with Crippen LogP contribution in [0.3, 0.4) is 0 Å². The molecule has 0 aliphatic rings. The number of carbonyl (C=O) groups excluding carboxylic acids is 1. The molecule has 5 nitrogen and oxygen atoms in total. The number of anilines is 1. The molecule has 0 aliphatic heterocycles. The van der Waals surface area contributed by atoms with Crippen molar-refractivity contribution >= 4 is 21.6 Å². The molecule has 0 spiro atoms. The highest BCUT2D eigenvalue weighted by atomic mass is 32.2. The van der Waals surface area contributed by atoms with E-state index in [1.54, 1.807) is 6.92 Å². The summed E-state index contributed by atoms with van der Waals surface area (Å²) in [6.07, 6.45) is 1.59. The van der Waals surface area contributed by atoms with Gasteiger partial charge in [-0.15, -0.1) is 0 Å². The van der Waals surface area contributed by atoms with Crippen molar-refractivity contribution in [2.45, 2.75) is 40.0 Å². The largest absolute Gasteiger partial charge is 0.354 e. The number of rotatable bonds is 7. The summed E-state index contributed by atoms with van der Waals surface area (Å²) in [5, 5.41) is 2.73. The lowest BCUT2D eigenvalue weighted by atomic mass is 9.98. The van der Waals surface area contributed by atoms with Gasteiger partial charge < -0.3 is 5.32 Å². The second kappa shape index (κ2) is 7.63. The van der Waals surface area contributed by atoms with Crippen LogP contribution in [0.4, 0.5) is 5.69 Å². The second-order valence-electron chi connectivity index (χ2n) is 5.71. The standard InChI is InChI=1S/C16H26N2O3S/c1-6-15(19)17-10-11-18(22(5,20)21)16-13(4)8-7-9-14(16)12(2)3/h7-9,12H,6,10-11H2,1-5H3,(H,17,19). The first kappa shape index (κ1) is 18.5. The molecule has 124 valence electrons. The van der Waals surface area contributed by atoms with Crippen LogP contribution < -0.4 is 9.62 Å². The van der Waals surface area contributed by atoms with Crippen molar-refractivity contribution in [1.82, 2.24) is 5.32 Å². The Kier molecular flexibility index (Phi) is 6.41. The number of hydrogen-bond acceptors (Lipinski definition) is 3. The van der Waals surface area contributed by atoms with Gasteiger partial charge in [-0.3, -0.25) is 9.10 Å². The highest BCUT2D eigenvalue weighted by Crippen LogP contribution is 2.32. The maximum atomic E-state index is 12.2. The zero-order valence-electron chi connectivity index (χ0n) is 14.0. The molecule has 1 N–H and O–H groups in total. The smallest absolute Gasteiger partial charge is 0.232 e. The van der Waals surface area contributed by atoms with E-state index in [-0.39, 0.29) is 18.4 Å². The van der Waals surface area contributed by atoms with Crippen molar-refractivity contribution in [2.24, 2.45) is 0 Å². The lowest BCUT2D eigenvalue weighted by Gasteiger charge is -2.28. The highest BCUT2D eigenvalue weighted by molar-refractivity contribution is 7.92. The number of aryl methyl sites for hydroxylation is 1. The van der Waals surface area contributed by atoms with Gasteiger partial charge in [0.2, 0.25) is 15.9 Å². The number of para-hydroxylation sites is 1. The van der Waals surface area contributed by atoms with E-state index >= 15 is 0 Å². The number of hydrogen-bond donors (Lipinski definition) is 1. The first-order valence-corrected chi connectivity index (χ1v) is 9.37. The molecule has 0 aliphatic carbocycles. The molecule has 0 fully saturated rings. The van der Waals surface area contributed by atoms with Crippen LogP contribution in [0.25, 0.3) is 0 Å². The molecule has 6 heteroatoms. The summed E-state index contributed by atoms with van der Waals surface area (Å²) in [6, 6.07) is 5.80. The Bertz CT molecular complexity index is 624. The summed E-state index contributed by atoms with van der Waals surface area (Å²) >= 11 is 0. The lowest BCUT2D eigenvalue weighted by Crippen LogP contribution is -2.39. The third-order valence-electron chi connectivity index (χ3n) is 3.50. The van der Waals surface area contributed by atoms with Gasteiger partial charge in [0.1, 0.15) is 0 Å². The fourth-order valence-corrected chi connectivity index (χ4v) is 3.36. The minimum absolute atomic E-state index is 0.0812. The van der Waals surface area contributed by atoms with E-state index in [4.69, 9.17) is 0 Å². The van der Waals surface area contributed by atoms with Crippen LogP contribution in [0, 0.1) is 6.92 Å². The third-order valence-corrected chi connectivity index (χ3v) is 4.66. The Balaban J connectivity index is 3.16. The molecule has 1 aromatic rings. The first-order chi connectivity index (χ1) is 10.2. The third kappa shape index (κ3) is 4.73. The van der Waals surface area contributed by atoms with E-state index < -0.39 is 10.0 Å². The van der Waals surface area contributed by atoms with Crippen LogP contribution in [-0.2, 0) is 14.8 Å². The van der Waals surface area contributed by atoms with Crippen molar-refractivity contribution in [3.8, 4) is 0 Å². The van der Waals surface area contributed by atoms with Gasteiger partial charge in [0.25, 0.3) is 0 Å². The van der Waals surface area contributed by atoms with Crippen molar-refractivity contribution in [3.63, 3.8) is 0 Å². The maximum Gasteiger partial charge on any atom is 0.232 e. The normalized spacial score (nSPS) is 11.5. The van der Waals surface area contributed by atoms with Gasteiger partial charge in [-0.05, 0) is 24.0 Å². The van der Waals surface area contributed by atoms with Crippen LogP contribution in [0.2, 0.25) is 0 Å². The molecule has 22 heavy (non-hydrogen) atoms. The molecule has 0 saturated carbocycles. The van der Waals surface area contributed by atoms with E-state index in [9.17, 15) is 13.2 Å². The van der Waals surface area contributed by atoms with Crippen molar-refractivity contribution in [1.29, 1.82) is 0 Å². The predicted octanol–water partition coefficient (Wildman–Crippen LogP) is 2.41. The molecule has 0 unspecified atom stereocenters. The van der Waals surface area contributed by atoms with E-state index in [1.165, 1.54) is 10.6 Å². The second-order valence-corrected chi connectivity index (χ2v) is 7.61. The van der Waals surface area contributed by atoms with Crippen LogP contribution in [0.1, 0.15) is 44.2 Å². The fourth-order valence-electron chi connectivity index (χ4n) is 2.35. The molecule has 0 aromatic heterocycles. The number of carbonyl (C=O) groups is 1. The number of sulfonamides is 1.